The van der Waals surface area contributed by atoms with Crippen LogP contribution in [0.1, 0.15) is 11.1 Å². The standard InChI is InChI=1S/C15H14F2N2O/c16-9-11-3-1-5-13(7-11)18-15(20)19-14-6-2-4-12(8-14)10-17/h1-8H,9-10H2,(H2,18,19,20). The van der Waals surface area contributed by atoms with Crippen LogP contribution in [-0.4, -0.2) is 6.03 Å². The van der Waals surface area contributed by atoms with E-state index in [0.29, 0.717) is 22.5 Å². The summed E-state index contributed by atoms with van der Waals surface area (Å²) in [6.45, 7) is -1.18. The molecule has 0 unspecified atom stereocenters. The van der Waals surface area contributed by atoms with Crippen LogP contribution in [0.15, 0.2) is 48.5 Å². The highest BCUT2D eigenvalue weighted by molar-refractivity contribution is 5.99. The van der Waals surface area contributed by atoms with Gasteiger partial charge in [0.25, 0.3) is 0 Å². The Bertz CT molecular complexity index is 550. The lowest BCUT2D eigenvalue weighted by Crippen LogP contribution is -2.19. The summed E-state index contributed by atoms with van der Waals surface area (Å²) in [5.41, 5.74) is 1.98. The quantitative estimate of drug-likeness (QED) is 0.860. The normalized spacial score (nSPS) is 10.1. The Morgan fingerprint density at radius 1 is 0.850 bits per heavy atom. The monoisotopic (exact) mass is 276 g/mol. The van der Waals surface area contributed by atoms with E-state index in [0.717, 1.165) is 0 Å². The molecule has 0 atom stereocenters. The lowest BCUT2D eigenvalue weighted by Gasteiger charge is -2.09. The van der Waals surface area contributed by atoms with Crippen molar-refractivity contribution in [2.75, 3.05) is 10.6 Å². The first-order valence-corrected chi connectivity index (χ1v) is 6.09. The Balaban J connectivity index is 2.01. The molecule has 104 valence electrons. The first-order valence-electron chi connectivity index (χ1n) is 6.09. The van der Waals surface area contributed by atoms with Crippen LogP contribution in [0.2, 0.25) is 0 Å². The zero-order valence-corrected chi connectivity index (χ0v) is 10.7. The smallest absolute Gasteiger partial charge is 0.308 e. The molecule has 5 heteroatoms. The second-order valence-electron chi connectivity index (χ2n) is 4.25. The molecule has 0 saturated carbocycles. The molecule has 0 radical (unpaired) electrons. The Kier molecular flexibility index (Phi) is 4.65. The molecule has 3 nitrogen and oxygen atoms in total. The minimum atomic E-state index is -0.588. The average Bonchev–Trinajstić information content (AvgIpc) is 2.47. The minimum Gasteiger partial charge on any atom is -0.308 e. The number of nitrogens with one attached hydrogen (secondary N) is 2. The van der Waals surface area contributed by atoms with E-state index in [-0.39, 0.29) is 0 Å². The molecule has 0 saturated heterocycles. The van der Waals surface area contributed by atoms with Gasteiger partial charge in [0.15, 0.2) is 0 Å². The van der Waals surface area contributed by atoms with Crippen LogP contribution in [0.5, 0.6) is 0 Å². The molecule has 0 fully saturated rings. The van der Waals surface area contributed by atoms with Gasteiger partial charge in [-0.2, -0.15) is 0 Å². The second kappa shape index (κ2) is 6.65. The Hall–Kier alpha value is -2.43. The summed E-state index contributed by atoms with van der Waals surface area (Å²) in [4.78, 5) is 11.8. The molecule has 0 aliphatic heterocycles. The van der Waals surface area contributed by atoms with Gasteiger partial charge in [0, 0.05) is 11.4 Å². The van der Waals surface area contributed by atoms with Crippen molar-refractivity contribution >= 4 is 17.4 Å². The van der Waals surface area contributed by atoms with E-state index < -0.39 is 19.4 Å². The van der Waals surface area contributed by atoms with Crippen molar-refractivity contribution in [1.82, 2.24) is 0 Å². The maximum absolute atomic E-state index is 12.5. The first kappa shape index (κ1) is 14.0. The molecule has 2 aromatic carbocycles. The maximum Gasteiger partial charge on any atom is 0.323 e. The first-order chi connectivity index (χ1) is 9.71. The number of halogens is 2. The van der Waals surface area contributed by atoms with Crippen LogP contribution < -0.4 is 10.6 Å². The SMILES string of the molecule is O=C(Nc1cccc(CF)c1)Nc1cccc(CF)c1. The average molecular weight is 276 g/mol. The van der Waals surface area contributed by atoms with Gasteiger partial charge in [0.2, 0.25) is 0 Å². The number of alkyl halides is 2. The number of hydrogen-bond donors (Lipinski definition) is 2. The maximum atomic E-state index is 12.5. The number of carbonyl (C=O) groups excluding carboxylic acids is 1. The minimum absolute atomic E-state index is 0.461. The summed E-state index contributed by atoms with van der Waals surface area (Å²) in [6.07, 6.45) is 0. The van der Waals surface area contributed by atoms with E-state index in [2.05, 4.69) is 10.6 Å². The van der Waals surface area contributed by atoms with Crippen LogP contribution in [0.25, 0.3) is 0 Å². The topological polar surface area (TPSA) is 41.1 Å². The highest BCUT2D eigenvalue weighted by atomic mass is 19.1. The van der Waals surface area contributed by atoms with Crippen LogP contribution in [0.4, 0.5) is 25.0 Å². The van der Waals surface area contributed by atoms with Crippen molar-refractivity contribution in [1.29, 1.82) is 0 Å². The fraction of sp³-hybridized carbons (Fsp3) is 0.133. The van der Waals surface area contributed by atoms with Crippen molar-refractivity contribution in [3.8, 4) is 0 Å². The van der Waals surface area contributed by atoms with Gasteiger partial charge in [-0.05, 0) is 35.4 Å². The molecule has 2 rings (SSSR count). The van der Waals surface area contributed by atoms with Gasteiger partial charge >= 0.3 is 6.03 Å². The Morgan fingerprint density at radius 3 is 1.70 bits per heavy atom. The third-order valence-electron chi connectivity index (χ3n) is 2.68. The zero-order chi connectivity index (χ0) is 14.4. The largest absolute Gasteiger partial charge is 0.323 e. The molecule has 0 aliphatic carbocycles. The van der Waals surface area contributed by atoms with Gasteiger partial charge < -0.3 is 10.6 Å². The van der Waals surface area contributed by atoms with Crippen LogP contribution >= 0.6 is 0 Å². The molecule has 0 heterocycles. The van der Waals surface area contributed by atoms with Crippen LogP contribution in [-0.2, 0) is 13.3 Å². The van der Waals surface area contributed by atoms with E-state index in [4.69, 9.17) is 0 Å². The second-order valence-corrected chi connectivity index (χ2v) is 4.25. The van der Waals surface area contributed by atoms with Crippen LogP contribution in [0.3, 0.4) is 0 Å². The summed E-state index contributed by atoms with van der Waals surface area (Å²) in [6, 6.07) is 12.6. The van der Waals surface area contributed by atoms with E-state index in [1.54, 1.807) is 48.5 Å². The van der Waals surface area contributed by atoms with E-state index in [1.165, 1.54) is 0 Å². The Morgan fingerprint density at radius 2 is 1.30 bits per heavy atom. The van der Waals surface area contributed by atoms with Crippen LogP contribution in [0, 0.1) is 0 Å². The molecule has 0 spiro atoms. The van der Waals surface area contributed by atoms with E-state index in [1.807, 2.05) is 0 Å². The molecule has 0 bridgehead atoms. The Labute approximate surface area is 115 Å². The number of carbonyl (C=O) groups is 1. The van der Waals surface area contributed by atoms with Gasteiger partial charge in [-0.15, -0.1) is 0 Å². The van der Waals surface area contributed by atoms with E-state index >= 15 is 0 Å². The van der Waals surface area contributed by atoms with Crippen molar-refractivity contribution in [3.05, 3.63) is 59.7 Å². The third kappa shape index (κ3) is 3.78. The molecule has 2 aromatic rings. The number of anilines is 2. The number of benzene rings is 2. The lowest BCUT2D eigenvalue weighted by molar-refractivity contribution is 0.262. The number of hydrogen-bond acceptors (Lipinski definition) is 1. The van der Waals surface area contributed by atoms with Gasteiger partial charge in [-0.3, -0.25) is 0 Å². The number of rotatable bonds is 4. The molecule has 2 N–H and O–H groups in total. The van der Waals surface area contributed by atoms with Crippen molar-refractivity contribution in [3.63, 3.8) is 0 Å². The fourth-order valence-electron chi connectivity index (χ4n) is 1.76. The lowest BCUT2D eigenvalue weighted by atomic mass is 10.2. The summed E-state index contributed by atoms with van der Waals surface area (Å²) >= 11 is 0. The van der Waals surface area contributed by atoms with Gasteiger partial charge in [-0.1, -0.05) is 24.3 Å². The third-order valence-corrected chi connectivity index (χ3v) is 2.68. The summed E-state index contributed by atoms with van der Waals surface area (Å²) in [5.74, 6) is 0. The van der Waals surface area contributed by atoms with E-state index in [9.17, 15) is 13.6 Å². The predicted octanol–water partition coefficient (Wildman–Crippen LogP) is 4.27. The van der Waals surface area contributed by atoms with Crippen molar-refractivity contribution in [2.45, 2.75) is 13.3 Å². The van der Waals surface area contributed by atoms with Crippen molar-refractivity contribution < 1.29 is 13.6 Å². The molecular weight excluding hydrogens is 262 g/mol. The number of amides is 2. The highest BCUT2D eigenvalue weighted by Crippen LogP contribution is 2.14. The predicted molar refractivity (Wildman–Crippen MR) is 75.1 cm³/mol. The van der Waals surface area contributed by atoms with Gasteiger partial charge in [0.1, 0.15) is 13.3 Å². The molecular formula is C15H14F2N2O. The molecule has 20 heavy (non-hydrogen) atoms. The summed E-state index contributed by atoms with van der Waals surface area (Å²) < 4.78 is 25.0. The molecule has 2 amide bonds. The summed E-state index contributed by atoms with van der Waals surface area (Å²) in [5, 5.41) is 5.18. The number of urea groups is 1. The fourth-order valence-corrected chi connectivity index (χ4v) is 1.76. The van der Waals surface area contributed by atoms with Gasteiger partial charge in [-0.25, -0.2) is 13.6 Å². The zero-order valence-electron chi connectivity index (χ0n) is 10.7. The highest BCUT2D eigenvalue weighted by Gasteiger charge is 2.04. The molecule has 0 aliphatic rings. The van der Waals surface area contributed by atoms with Crippen molar-refractivity contribution in [2.24, 2.45) is 0 Å². The van der Waals surface area contributed by atoms with Gasteiger partial charge in [0.05, 0.1) is 0 Å². The molecule has 0 aromatic heterocycles. The summed E-state index contributed by atoms with van der Waals surface area (Å²) in [7, 11) is 0.